The predicted molar refractivity (Wildman–Crippen MR) is 105 cm³/mol. The molecule has 146 valence electrons. The van der Waals surface area contributed by atoms with Crippen LogP contribution in [0.3, 0.4) is 0 Å². The Labute approximate surface area is 158 Å². The molecule has 0 atom stereocenters. The van der Waals surface area contributed by atoms with E-state index in [0.29, 0.717) is 0 Å². The summed E-state index contributed by atoms with van der Waals surface area (Å²) in [5.74, 6) is -1.64. The van der Waals surface area contributed by atoms with Crippen LogP contribution in [0.25, 0.3) is 0 Å². The van der Waals surface area contributed by atoms with E-state index < -0.39 is 17.5 Å². The van der Waals surface area contributed by atoms with Crippen molar-refractivity contribution >= 4 is 11.9 Å². The first kappa shape index (κ1) is 22.2. The highest BCUT2D eigenvalue weighted by molar-refractivity contribution is 6.02. The zero-order valence-corrected chi connectivity index (χ0v) is 16.9. The number of carbonyl (C=O) groups is 2. The van der Waals surface area contributed by atoms with Gasteiger partial charge in [-0.25, -0.2) is 9.59 Å². The Kier molecular flexibility index (Phi) is 8.32. The van der Waals surface area contributed by atoms with E-state index in [1.807, 2.05) is 0 Å². The van der Waals surface area contributed by atoms with Gasteiger partial charge in [-0.15, -0.1) is 0 Å². The summed E-state index contributed by atoms with van der Waals surface area (Å²) in [6.45, 7) is 10.6. The van der Waals surface area contributed by atoms with Gasteiger partial charge in [-0.3, -0.25) is 0 Å². The van der Waals surface area contributed by atoms with E-state index in [-0.39, 0.29) is 16.5 Å². The Morgan fingerprint density at radius 3 is 1.88 bits per heavy atom. The Morgan fingerprint density at radius 2 is 1.46 bits per heavy atom. The normalized spacial score (nSPS) is 12.0. The fourth-order valence-corrected chi connectivity index (χ4v) is 4.32. The second-order valence-corrected chi connectivity index (χ2v) is 7.03. The number of benzene rings is 1. The van der Waals surface area contributed by atoms with Crippen molar-refractivity contribution in [3.05, 3.63) is 35.4 Å². The molecule has 0 aliphatic carbocycles. The number of rotatable bonds is 11. The number of aromatic carboxylic acids is 1. The minimum Gasteiger partial charge on any atom is -0.478 e. The summed E-state index contributed by atoms with van der Waals surface area (Å²) < 4.78 is 6.16. The first-order chi connectivity index (χ1) is 12.4. The summed E-state index contributed by atoms with van der Waals surface area (Å²) in [7, 11) is 0. The van der Waals surface area contributed by atoms with Crippen LogP contribution in [0.1, 0.15) is 100 Å². The smallest absolute Gasteiger partial charge is 0.339 e. The quantitative estimate of drug-likeness (QED) is 0.483. The molecule has 0 radical (unpaired) electrons. The van der Waals surface area contributed by atoms with Gasteiger partial charge < -0.3 is 9.84 Å². The summed E-state index contributed by atoms with van der Waals surface area (Å²) in [6.07, 6.45) is 6.49. The molecule has 0 bridgehead atoms. The van der Waals surface area contributed by atoms with Crippen molar-refractivity contribution in [3.8, 4) is 0 Å². The van der Waals surface area contributed by atoms with Crippen LogP contribution in [0.2, 0.25) is 0 Å². The van der Waals surface area contributed by atoms with Crippen LogP contribution in [-0.4, -0.2) is 22.6 Å². The van der Waals surface area contributed by atoms with Gasteiger partial charge in [0, 0.05) is 5.41 Å². The lowest BCUT2D eigenvalue weighted by molar-refractivity contribution is -0.114. The summed E-state index contributed by atoms with van der Waals surface area (Å²) >= 11 is 0. The van der Waals surface area contributed by atoms with Crippen LogP contribution in [0.4, 0.5) is 0 Å². The molecule has 0 aromatic heterocycles. The lowest BCUT2D eigenvalue weighted by Crippen LogP contribution is -2.50. The fraction of sp³-hybridized carbons (Fsp3) is 0.636. The topological polar surface area (TPSA) is 63.6 Å². The van der Waals surface area contributed by atoms with Crippen molar-refractivity contribution in [1.82, 2.24) is 0 Å². The van der Waals surface area contributed by atoms with Gasteiger partial charge in [-0.2, -0.15) is 0 Å². The maximum atomic E-state index is 13.0. The third-order valence-corrected chi connectivity index (χ3v) is 6.14. The monoisotopic (exact) mass is 362 g/mol. The summed E-state index contributed by atoms with van der Waals surface area (Å²) in [5, 5.41) is 9.39. The highest BCUT2D eigenvalue weighted by atomic mass is 16.6. The average molecular weight is 363 g/mol. The number of carboxylic acid groups (broad SMARTS) is 1. The minimum atomic E-state index is -1.11. The van der Waals surface area contributed by atoms with Crippen LogP contribution in [0.15, 0.2) is 24.3 Å². The maximum absolute atomic E-state index is 13.0. The first-order valence-corrected chi connectivity index (χ1v) is 9.92. The Morgan fingerprint density at radius 1 is 0.923 bits per heavy atom. The number of hydrogen-bond acceptors (Lipinski definition) is 3. The molecule has 0 aliphatic heterocycles. The van der Waals surface area contributed by atoms with Crippen LogP contribution in [0.5, 0.6) is 0 Å². The summed E-state index contributed by atoms with van der Waals surface area (Å²) in [6, 6.07) is 6.28. The molecule has 0 saturated heterocycles. The van der Waals surface area contributed by atoms with Crippen LogP contribution in [-0.2, 0) is 4.74 Å². The Balaban J connectivity index is 3.32. The van der Waals surface area contributed by atoms with Gasteiger partial charge in [0.15, 0.2) is 0 Å². The minimum absolute atomic E-state index is 0.00855. The van der Waals surface area contributed by atoms with Crippen molar-refractivity contribution in [2.75, 3.05) is 0 Å². The molecular weight excluding hydrogens is 328 g/mol. The van der Waals surface area contributed by atoms with E-state index in [1.165, 1.54) is 12.1 Å². The molecule has 4 nitrogen and oxygen atoms in total. The lowest BCUT2D eigenvalue weighted by Gasteiger charge is -2.49. The highest BCUT2D eigenvalue weighted by Gasteiger charge is 2.49. The van der Waals surface area contributed by atoms with Crippen LogP contribution in [0, 0.1) is 5.41 Å². The maximum Gasteiger partial charge on any atom is 0.339 e. The molecule has 0 heterocycles. The molecule has 0 fully saturated rings. The lowest BCUT2D eigenvalue weighted by atomic mass is 9.62. The van der Waals surface area contributed by atoms with Gasteiger partial charge in [0.1, 0.15) is 5.60 Å². The molecule has 1 N–H and O–H groups in total. The van der Waals surface area contributed by atoms with Gasteiger partial charge in [0.2, 0.25) is 0 Å². The van der Waals surface area contributed by atoms with Gasteiger partial charge in [-0.05, 0) is 44.2 Å². The molecular formula is C22H34O4. The second-order valence-electron chi connectivity index (χ2n) is 7.03. The van der Waals surface area contributed by atoms with E-state index >= 15 is 0 Å². The fourth-order valence-electron chi connectivity index (χ4n) is 4.32. The molecule has 0 spiro atoms. The van der Waals surface area contributed by atoms with E-state index in [1.54, 1.807) is 12.1 Å². The molecule has 26 heavy (non-hydrogen) atoms. The van der Waals surface area contributed by atoms with E-state index in [4.69, 9.17) is 4.74 Å². The zero-order valence-electron chi connectivity index (χ0n) is 16.9. The molecule has 0 amide bonds. The first-order valence-electron chi connectivity index (χ1n) is 9.92. The highest BCUT2D eigenvalue weighted by Crippen LogP contribution is 2.49. The summed E-state index contributed by atoms with van der Waals surface area (Å²) in [4.78, 5) is 24.4. The van der Waals surface area contributed by atoms with Crippen LogP contribution >= 0.6 is 0 Å². The number of carboxylic acids is 1. The molecule has 1 aromatic carbocycles. The number of hydrogen-bond donors (Lipinski definition) is 1. The van der Waals surface area contributed by atoms with Crippen molar-refractivity contribution < 1.29 is 19.4 Å². The number of ether oxygens (including phenoxy) is 1. The molecule has 0 saturated carbocycles. The van der Waals surface area contributed by atoms with Gasteiger partial charge in [-0.1, -0.05) is 59.6 Å². The molecule has 0 aliphatic rings. The summed E-state index contributed by atoms with van der Waals surface area (Å²) in [5.41, 5.74) is -0.567. The van der Waals surface area contributed by atoms with E-state index in [9.17, 15) is 14.7 Å². The zero-order chi connectivity index (χ0) is 19.8. The Hall–Kier alpha value is -1.84. The Bertz CT molecular complexity index is 598. The average Bonchev–Trinajstić information content (AvgIpc) is 2.67. The molecule has 4 heteroatoms. The third-order valence-electron chi connectivity index (χ3n) is 6.14. The van der Waals surface area contributed by atoms with Crippen molar-refractivity contribution in [2.24, 2.45) is 5.41 Å². The number of carbonyl (C=O) groups excluding carboxylic acids is 1. The van der Waals surface area contributed by atoms with E-state index in [0.717, 1.165) is 44.9 Å². The predicted octanol–water partition coefficient (Wildman–Crippen LogP) is 6.10. The molecule has 1 aromatic rings. The van der Waals surface area contributed by atoms with Crippen molar-refractivity contribution in [1.29, 1.82) is 0 Å². The number of unbranched alkanes of at least 4 members (excludes halogenated alkanes) is 1. The third kappa shape index (κ3) is 4.28. The standard InChI is InChI=1S/C22H34O4/c1-6-11-16-21(7-2,8-3)22(9-4,10-5)26-20(25)18-15-13-12-14-17(18)19(23)24/h12-15H,6-11,16H2,1-5H3,(H,23,24). The molecule has 0 unspecified atom stereocenters. The van der Waals surface area contributed by atoms with Crippen molar-refractivity contribution in [3.63, 3.8) is 0 Å². The van der Waals surface area contributed by atoms with Gasteiger partial charge in [0.25, 0.3) is 0 Å². The number of esters is 1. The van der Waals surface area contributed by atoms with Crippen LogP contribution < -0.4 is 0 Å². The van der Waals surface area contributed by atoms with Gasteiger partial charge in [0.05, 0.1) is 11.1 Å². The van der Waals surface area contributed by atoms with Crippen molar-refractivity contribution in [2.45, 2.75) is 85.2 Å². The largest absolute Gasteiger partial charge is 0.478 e. The SMILES string of the molecule is CCCCC(CC)(CC)C(CC)(CC)OC(=O)c1ccccc1C(=O)O. The van der Waals surface area contributed by atoms with E-state index in [2.05, 4.69) is 34.6 Å². The second kappa shape index (κ2) is 9.75. The van der Waals surface area contributed by atoms with Gasteiger partial charge >= 0.3 is 11.9 Å². The molecule has 1 rings (SSSR count).